The van der Waals surface area contributed by atoms with Crippen LogP contribution in [0.3, 0.4) is 0 Å². The summed E-state index contributed by atoms with van der Waals surface area (Å²) < 4.78 is 0. The van der Waals surface area contributed by atoms with E-state index in [0.717, 1.165) is 11.1 Å². The molecule has 0 radical (unpaired) electrons. The number of carbonyl (C=O) groups excluding carboxylic acids is 2. The molecule has 0 aliphatic heterocycles. The van der Waals surface area contributed by atoms with E-state index in [4.69, 9.17) is 16.9 Å². The van der Waals surface area contributed by atoms with Crippen molar-refractivity contribution in [2.75, 3.05) is 6.54 Å². The Labute approximate surface area is 151 Å². The highest BCUT2D eigenvalue weighted by molar-refractivity contribution is 6.30. The number of nitriles is 1. The monoisotopic (exact) mass is 355 g/mol. The van der Waals surface area contributed by atoms with Crippen LogP contribution in [0, 0.1) is 18.3 Å². The lowest BCUT2D eigenvalue weighted by molar-refractivity contribution is -0.122. The van der Waals surface area contributed by atoms with Gasteiger partial charge in [-0.05, 0) is 36.8 Å². The van der Waals surface area contributed by atoms with E-state index in [1.165, 1.54) is 0 Å². The number of carbonyl (C=O) groups is 2. The van der Waals surface area contributed by atoms with E-state index in [0.29, 0.717) is 17.0 Å². The highest BCUT2D eigenvalue weighted by Crippen LogP contribution is 2.11. The van der Waals surface area contributed by atoms with Gasteiger partial charge in [0.1, 0.15) is 12.6 Å². The highest BCUT2D eigenvalue weighted by atomic mass is 35.5. The molecule has 2 amide bonds. The Balaban J connectivity index is 2.15. The molecular formula is C19H18ClN3O2. The molecular weight excluding hydrogens is 338 g/mol. The predicted octanol–water partition coefficient (Wildman–Crippen LogP) is 2.63. The minimum atomic E-state index is -0.779. The summed E-state index contributed by atoms with van der Waals surface area (Å²) in [5, 5.41) is 14.4. The average Bonchev–Trinajstić information content (AvgIpc) is 2.59. The quantitative estimate of drug-likeness (QED) is 0.781. The van der Waals surface area contributed by atoms with E-state index in [1.807, 2.05) is 37.3 Å². The first-order valence-corrected chi connectivity index (χ1v) is 8.14. The van der Waals surface area contributed by atoms with E-state index in [1.54, 1.807) is 24.3 Å². The number of rotatable bonds is 6. The van der Waals surface area contributed by atoms with Crippen LogP contribution in [0.4, 0.5) is 0 Å². The van der Waals surface area contributed by atoms with Gasteiger partial charge in [0.15, 0.2) is 0 Å². The van der Waals surface area contributed by atoms with Gasteiger partial charge in [-0.1, -0.05) is 41.4 Å². The Bertz CT molecular complexity index is 797. The van der Waals surface area contributed by atoms with Crippen LogP contribution in [-0.2, 0) is 11.2 Å². The third-order valence-corrected chi connectivity index (χ3v) is 3.84. The molecule has 6 heteroatoms. The van der Waals surface area contributed by atoms with Crippen LogP contribution in [0.5, 0.6) is 0 Å². The zero-order chi connectivity index (χ0) is 18.2. The summed E-state index contributed by atoms with van der Waals surface area (Å²) in [5.74, 6) is -0.771. The van der Waals surface area contributed by atoms with Gasteiger partial charge in [-0.25, -0.2) is 0 Å². The van der Waals surface area contributed by atoms with Gasteiger partial charge in [-0.15, -0.1) is 0 Å². The molecule has 1 atom stereocenters. The first-order valence-electron chi connectivity index (χ1n) is 7.76. The molecule has 0 aliphatic rings. The van der Waals surface area contributed by atoms with Crippen molar-refractivity contribution < 1.29 is 9.59 Å². The summed E-state index contributed by atoms with van der Waals surface area (Å²) in [6.07, 6.45) is 0.332. The number of nitrogens with one attached hydrogen (secondary N) is 2. The number of benzene rings is 2. The molecule has 0 saturated carbocycles. The van der Waals surface area contributed by atoms with Crippen molar-refractivity contribution in [3.63, 3.8) is 0 Å². The van der Waals surface area contributed by atoms with Gasteiger partial charge in [0.05, 0.1) is 6.07 Å². The number of aryl methyl sites for hydroxylation is 1. The summed E-state index contributed by atoms with van der Waals surface area (Å²) in [6, 6.07) is 15.2. The van der Waals surface area contributed by atoms with Crippen LogP contribution in [0.1, 0.15) is 21.5 Å². The van der Waals surface area contributed by atoms with Gasteiger partial charge < -0.3 is 10.6 Å². The van der Waals surface area contributed by atoms with Crippen molar-refractivity contribution in [3.8, 4) is 6.07 Å². The second-order valence-electron chi connectivity index (χ2n) is 5.60. The molecule has 2 N–H and O–H groups in total. The fourth-order valence-corrected chi connectivity index (χ4v) is 2.50. The molecule has 0 spiro atoms. The van der Waals surface area contributed by atoms with Crippen molar-refractivity contribution in [2.24, 2.45) is 0 Å². The fourth-order valence-electron chi connectivity index (χ4n) is 2.38. The van der Waals surface area contributed by atoms with Crippen LogP contribution < -0.4 is 10.6 Å². The Kier molecular flexibility index (Phi) is 6.55. The third kappa shape index (κ3) is 5.63. The van der Waals surface area contributed by atoms with Crippen molar-refractivity contribution in [1.82, 2.24) is 10.6 Å². The van der Waals surface area contributed by atoms with Crippen LogP contribution in [0.2, 0.25) is 5.02 Å². The van der Waals surface area contributed by atoms with Crippen LogP contribution in [0.25, 0.3) is 0 Å². The first-order chi connectivity index (χ1) is 12.0. The second kappa shape index (κ2) is 8.86. The molecule has 0 aromatic heterocycles. The summed E-state index contributed by atoms with van der Waals surface area (Å²) in [7, 11) is 0. The van der Waals surface area contributed by atoms with Gasteiger partial charge in [0, 0.05) is 17.0 Å². The fraction of sp³-hybridized carbons (Fsp3) is 0.211. The van der Waals surface area contributed by atoms with Crippen LogP contribution in [-0.4, -0.2) is 24.4 Å². The molecule has 2 aromatic rings. The maximum atomic E-state index is 12.4. The number of halogens is 1. The van der Waals surface area contributed by atoms with Gasteiger partial charge >= 0.3 is 0 Å². The minimum Gasteiger partial charge on any atom is -0.341 e. The van der Waals surface area contributed by atoms with Crippen LogP contribution in [0.15, 0.2) is 48.5 Å². The molecule has 0 fully saturated rings. The Hall–Kier alpha value is -2.84. The summed E-state index contributed by atoms with van der Waals surface area (Å²) in [6.45, 7) is 1.85. The zero-order valence-electron chi connectivity index (χ0n) is 13.8. The summed E-state index contributed by atoms with van der Waals surface area (Å²) in [4.78, 5) is 24.7. The molecule has 128 valence electrons. The van der Waals surface area contributed by atoms with E-state index in [9.17, 15) is 9.59 Å². The zero-order valence-corrected chi connectivity index (χ0v) is 14.5. The topological polar surface area (TPSA) is 82.0 Å². The predicted molar refractivity (Wildman–Crippen MR) is 96.2 cm³/mol. The van der Waals surface area contributed by atoms with E-state index in [-0.39, 0.29) is 12.5 Å². The van der Waals surface area contributed by atoms with Crippen molar-refractivity contribution in [1.29, 1.82) is 5.26 Å². The lowest BCUT2D eigenvalue weighted by atomic mass is 10.0. The number of hydrogen-bond acceptors (Lipinski definition) is 3. The van der Waals surface area contributed by atoms with E-state index < -0.39 is 11.9 Å². The second-order valence-corrected chi connectivity index (χ2v) is 6.04. The third-order valence-electron chi connectivity index (χ3n) is 3.59. The minimum absolute atomic E-state index is 0.111. The van der Waals surface area contributed by atoms with Gasteiger partial charge in [-0.3, -0.25) is 9.59 Å². The number of nitrogens with zero attached hydrogens (tertiary/aromatic N) is 1. The molecule has 0 saturated heterocycles. The van der Waals surface area contributed by atoms with Gasteiger partial charge in [-0.2, -0.15) is 5.26 Å². The highest BCUT2D eigenvalue weighted by Gasteiger charge is 2.21. The molecule has 0 heterocycles. The average molecular weight is 356 g/mol. The summed E-state index contributed by atoms with van der Waals surface area (Å²) >= 11 is 5.83. The lowest BCUT2D eigenvalue weighted by Crippen LogP contribution is -2.48. The molecule has 2 rings (SSSR count). The Morgan fingerprint density at radius 2 is 1.92 bits per heavy atom. The lowest BCUT2D eigenvalue weighted by Gasteiger charge is -2.18. The van der Waals surface area contributed by atoms with Crippen molar-refractivity contribution in [2.45, 2.75) is 19.4 Å². The molecule has 0 unspecified atom stereocenters. The largest absolute Gasteiger partial charge is 0.341 e. The van der Waals surface area contributed by atoms with E-state index in [2.05, 4.69) is 10.6 Å². The number of hydrogen-bond donors (Lipinski definition) is 2. The van der Waals surface area contributed by atoms with Crippen LogP contribution >= 0.6 is 11.6 Å². The molecule has 2 aromatic carbocycles. The normalized spacial score (nSPS) is 11.2. The SMILES string of the molecule is Cc1cccc(C[C@H](NC(=O)c2ccc(Cl)cc2)C(=O)NCC#N)c1. The molecule has 0 bridgehead atoms. The van der Waals surface area contributed by atoms with E-state index >= 15 is 0 Å². The number of amides is 2. The molecule has 25 heavy (non-hydrogen) atoms. The smallest absolute Gasteiger partial charge is 0.251 e. The maximum absolute atomic E-state index is 12.4. The van der Waals surface area contributed by atoms with Crippen molar-refractivity contribution in [3.05, 3.63) is 70.2 Å². The molecule has 0 aliphatic carbocycles. The Morgan fingerprint density at radius 1 is 1.20 bits per heavy atom. The van der Waals surface area contributed by atoms with Gasteiger partial charge in [0.2, 0.25) is 5.91 Å². The first kappa shape index (κ1) is 18.5. The van der Waals surface area contributed by atoms with Gasteiger partial charge in [0.25, 0.3) is 5.91 Å². The summed E-state index contributed by atoms with van der Waals surface area (Å²) in [5.41, 5.74) is 2.40. The van der Waals surface area contributed by atoms with Crippen molar-refractivity contribution >= 4 is 23.4 Å². The molecule has 5 nitrogen and oxygen atoms in total. The Morgan fingerprint density at radius 3 is 2.56 bits per heavy atom. The maximum Gasteiger partial charge on any atom is 0.251 e. The standard InChI is InChI=1S/C19H18ClN3O2/c1-13-3-2-4-14(11-13)12-17(19(25)22-10-9-21)23-18(24)15-5-7-16(20)8-6-15/h2-8,11,17H,10,12H2,1H3,(H,22,25)(H,23,24)/t17-/m0/s1.